The molecule has 0 aliphatic rings. The monoisotopic (exact) mass is 307 g/mol. The van der Waals surface area contributed by atoms with Crippen molar-refractivity contribution >= 4 is 38.7 Å². The fourth-order valence-corrected chi connectivity index (χ4v) is 2.88. The summed E-state index contributed by atoms with van der Waals surface area (Å²) in [5, 5.41) is 9.29. The highest BCUT2D eigenvalue weighted by Crippen LogP contribution is 2.28. The number of H-pyrrole nitrogens is 1. The van der Waals surface area contributed by atoms with Gasteiger partial charge < -0.3 is 10.1 Å². The normalized spacial score (nSPS) is 11.5. The largest absolute Gasteiger partial charge is 0.477 e. The first-order valence-corrected chi connectivity index (χ1v) is 6.18. The van der Waals surface area contributed by atoms with Crippen molar-refractivity contribution in [2.45, 2.75) is 13.8 Å². The van der Waals surface area contributed by atoms with Gasteiger partial charge in [-0.2, -0.15) is 0 Å². The van der Waals surface area contributed by atoms with E-state index < -0.39 is 5.97 Å². The van der Waals surface area contributed by atoms with Crippen molar-refractivity contribution in [2.24, 2.45) is 0 Å². The van der Waals surface area contributed by atoms with E-state index in [1.807, 2.05) is 19.1 Å². The van der Waals surface area contributed by atoms with Gasteiger partial charge >= 0.3 is 5.97 Å². The maximum atomic E-state index is 11.3. The number of imidazole rings is 2. The molecule has 0 radical (unpaired) electrons. The Labute approximate surface area is 111 Å². The Kier molecular flexibility index (Phi) is 2.25. The van der Waals surface area contributed by atoms with E-state index in [1.165, 1.54) is 0 Å². The highest BCUT2D eigenvalue weighted by atomic mass is 79.9. The highest BCUT2D eigenvalue weighted by molar-refractivity contribution is 9.10. The molecule has 0 unspecified atom stereocenters. The predicted octanol–water partition coefficient (Wildman–Crippen LogP) is 2.89. The van der Waals surface area contributed by atoms with E-state index >= 15 is 0 Å². The van der Waals surface area contributed by atoms with E-state index in [-0.39, 0.29) is 5.69 Å². The molecule has 0 fully saturated rings. The third kappa shape index (κ3) is 1.38. The first-order chi connectivity index (χ1) is 8.49. The number of aromatic amines is 1. The number of benzene rings is 1. The third-order valence-corrected chi connectivity index (χ3v) is 3.54. The summed E-state index contributed by atoms with van der Waals surface area (Å²) >= 11 is 3.45. The number of aromatic nitrogens is 3. The number of carbonyl (C=O) groups is 1. The summed E-state index contributed by atoms with van der Waals surface area (Å²) in [6.45, 7) is 3.69. The molecule has 2 heterocycles. The molecule has 2 N–H and O–H groups in total. The highest BCUT2D eigenvalue weighted by Gasteiger charge is 2.19. The van der Waals surface area contributed by atoms with Gasteiger partial charge in [0.25, 0.3) is 0 Å². The predicted molar refractivity (Wildman–Crippen MR) is 71.2 cm³/mol. The molecule has 0 saturated carbocycles. The smallest absolute Gasteiger partial charge is 0.354 e. The van der Waals surface area contributed by atoms with Gasteiger partial charge in [0.1, 0.15) is 5.52 Å². The van der Waals surface area contributed by atoms with Crippen molar-refractivity contribution in [1.29, 1.82) is 0 Å². The molecule has 6 heteroatoms. The number of aryl methyl sites for hydroxylation is 2. The molecule has 92 valence electrons. The van der Waals surface area contributed by atoms with Crippen LogP contribution in [0.1, 0.15) is 21.7 Å². The Morgan fingerprint density at radius 1 is 1.44 bits per heavy atom. The lowest BCUT2D eigenvalue weighted by molar-refractivity contribution is 0.0689. The molecule has 18 heavy (non-hydrogen) atoms. The van der Waals surface area contributed by atoms with E-state index in [9.17, 15) is 9.90 Å². The van der Waals surface area contributed by atoms with Gasteiger partial charge in [-0.25, -0.2) is 9.78 Å². The molecule has 0 aliphatic heterocycles. The number of nitrogens with one attached hydrogen (secondary N) is 1. The fraction of sp³-hybridized carbons (Fsp3) is 0.167. The maximum absolute atomic E-state index is 11.3. The summed E-state index contributed by atoms with van der Waals surface area (Å²) < 4.78 is 2.51. The van der Waals surface area contributed by atoms with Crippen molar-refractivity contribution in [3.8, 4) is 0 Å². The second-order valence-electron chi connectivity index (χ2n) is 4.29. The quantitative estimate of drug-likeness (QED) is 0.726. The van der Waals surface area contributed by atoms with Gasteiger partial charge in [-0.1, -0.05) is 0 Å². The summed E-state index contributed by atoms with van der Waals surface area (Å²) in [7, 11) is 0. The van der Waals surface area contributed by atoms with E-state index in [0.29, 0.717) is 11.5 Å². The zero-order valence-corrected chi connectivity index (χ0v) is 11.4. The zero-order valence-electron chi connectivity index (χ0n) is 9.78. The topological polar surface area (TPSA) is 70.4 Å². The SMILES string of the molecule is Cc1cc(Br)c2nc3[nH]c(C)c(C(=O)O)n3c2c1. The van der Waals surface area contributed by atoms with Crippen LogP contribution in [0.3, 0.4) is 0 Å². The average molecular weight is 308 g/mol. The lowest BCUT2D eigenvalue weighted by Crippen LogP contribution is -2.03. The van der Waals surface area contributed by atoms with Crippen LogP contribution in [0.15, 0.2) is 16.6 Å². The van der Waals surface area contributed by atoms with Gasteiger partial charge in [0.2, 0.25) is 5.78 Å². The Balaban J connectivity index is 2.57. The number of carboxylic acid groups (broad SMARTS) is 1. The standard InChI is InChI=1S/C12H10BrN3O2/c1-5-3-7(13)9-8(4-5)16-10(11(17)18)6(2)14-12(16)15-9/h3-4H,1-2H3,(H,14,15)(H,17,18). The number of carboxylic acids is 1. The summed E-state index contributed by atoms with van der Waals surface area (Å²) in [6, 6.07) is 3.89. The molecule has 0 atom stereocenters. The molecular formula is C12H10BrN3O2. The molecule has 5 nitrogen and oxygen atoms in total. The van der Waals surface area contributed by atoms with Crippen LogP contribution in [0.4, 0.5) is 0 Å². The summed E-state index contributed by atoms with van der Waals surface area (Å²) in [6.07, 6.45) is 0. The van der Waals surface area contributed by atoms with Crippen LogP contribution in [0, 0.1) is 13.8 Å². The van der Waals surface area contributed by atoms with Crippen molar-refractivity contribution in [3.05, 3.63) is 33.6 Å². The van der Waals surface area contributed by atoms with Crippen LogP contribution in [-0.2, 0) is 0 Å². The Bertz CT molecular complexity index is 801. The molecule has 0 bridgehead atoms. The van der Waals surface area contributed by atoms with Gasteiger partial charge in [-0.05, 0) is 47.5 Å². The van der Waals surface area contributed by atoms with Crippen LogP contribution in [0.5, 0.6) is 0 Å². The van der Waals surface area contributed by atoms with Crippen molar-refractivity contribution < 1.29 is 9.90 Å². The number of rotatable bonds is 1. The van der Waals surface area contributed by atoms with Crippen LogP contribution >= 0.6 is 15.9 Å². The van der Waals surface area contributed by atoms with Crippen LogP contribution in [-0.4, -0.2) is 25.4 Å². The Morgan fingerprint density at radius 2 is 2.17 bits per heavy atom. The molecule has 0 spiro atoms. The van der Waals surface area contributed by atoms with Crippen LogP contribution in [0.25, 0.3) is 16.8 Å². The Morgan fingerprint density at radius 3 is 2.83 bits per heavy atom. The molecule has 0 saturated heterocycles. The fourth-order valence-electron chi connectivity index (χ4n) is 2.23. The molecule has 3 aromatic rings. The third-order valence-electron chi connectivity index (χ3n) is 2.94. The minimum Gasteiger partial charge on any atom is -0.477 e. The molecule has 3 rings (SSSR count). The lowest BCUT2D eigenvalue weighted by Gasteiger charge is -1.99. The first kappa shape index (κ1) is 11.3. The molecule has 1 aromatic carbocycles. The van der Waals surface area contributed by atoms with E-state index in [4.69, 9.17) is 0 Å². The zero-order chi connectivity index (χ0) is 13.0. The first-order valence-electron chi connectivity index (χ1n) is 5.39. The van der Waals surface area contributed by atoms with Crippen molar-refractivity contribution in [1.82, 2.24) is 14.4 Å². The van der Waals surface area contributed by atoms with E-state index in [2.05, 4.69) is 25.9 Å². The minimum atomic E-state index is -0.962. The maximum Gasteiger partial charge on any atom is 0.354 e. The number of nitrogens with zero attached hydrogens (tertiary/aromatic N) is 2. The molecular weight excluding hydrogens is 298 g/mol. The van der Waals surface area contributed by atoms with E-state index in [0.717, 1.165) is 21.1 Å². The minimum absolute atomic E-state index is 0.227. The molecule has 2 aromatic heterocycles. The number of halogens is 1. The number of hydrogen-bond donors (Lipinski definition) is 2. The molecule has 0 aliphatic carbocycles. The van der Waals surface area contributed by atoms with Crippen LogP contribution < -0.4 is 0 Å². The van der Waals surface area contributed by atoms with E-state index in [1.54, 1.807) is 11.3 Å². The van der Waals surface area contributed by atoms with Crippen molar-refractivity contribution in [2.75, 3.05) is 0 Å². The summed E-state index contributed by atoms with van der Waals surface area (Å²) in [5.74, 6) is -0.415. The van der Waals surface area contributed by atoms with Gasteiger partial charge in [0.05, 0.1) is 5.52 Å². The second-order valence-corrected chi connectivity index (χ2v) is 5.14. The average Bonchev–Trinajstić information content (AvgIpc) is 2.73. The van der Waals surface area contributed by atoms with Gasteiger partial charge in [-0.3, -0.25) is 4.40 Å². The second kappa shape index (κ2) is 3.58. The summed E-state index contributed by atoms with van der Waals surface area (Å²) in [5.41, 5.74) is 3.42. The lowest BCUT2D eigenvalue weighted by atomic mass is 10.2. The van der Waals surface area contributed by atoms with Gasteiger partial charge in [0.15, 0.2) is 5.69 Å². The van der Waals surface area contributed by atoms with Gasteiger partial charge in [0, 0.05) is 10.2 Å². The number of fused-ring (bicyclic) bond motifs is 3. The summed E-state index contributed by atoms with van der Waals surface area (Å²) in [4.78, 5) is 18.7. The Hall–Kier alpha value is -1.82. The number of aromatic carboxylic acids is 1. The molecule has 0 amide bonds. The van der Waals surface area contributed by atoms with Crippen molar-refractivity contribution in [3.63, 3.8) is 0 Å². The van der Waals surface area contributed by atoms with Gasteiger partial charge in [-0.15, -0.1) is 0 Å². The van der Waals surface area contributed by atoms with Crippen LogP contribution in [0.2, 0.25) is 0 Å². The number of hydrogen-bond acceptors (Lipinski definition) is 2.